The molecule has 2 aromatic rings. The van der Waals surface area contributed by atoms with Crippen molar-refractivity contribution in [2.24, 2.45) is 0 Å². The standard InChI is InChI=1S/C12H9F3N2O2S/c1-19-10-3-2-7(5-16-10)4-8(18)9-6-17-11(20-9)12(13,14)15/h2-3,5-6H,4H2,1H3. The molecule has 0 saturated heterocycles. The van der Waals surface area contributed by atoms with E-state index in [9.17, 15) is 18.0 Å². The van der Waals surface area contributed by atoms with Crippen molar-refractivity contribution in [3.63, 3.8) is 0 Å². The van der Waals surface area contributed by atoms with E-state index in [-0.39, 0.29) is 11.3 Å². The van der Waals surface area contributed by atoms with Crippen molar-refractivity contribution in [1.29, 1.82) is 0 Å². The van der Waals surface area contributed by atoms with Gasteiger partial charge in [-0.3, -0.25) is 4.79 Å². The van der Waals surface area contributed by atoms with E-state index in [4.69, 9.17) is 4.74 Å². The second-order valence-electron chi connectivity index (χ2n) is 3.84. The van der Waals surface area contributed by atoms with Crippen molar-refractivity contribution in [2.75, 3.05) is 7.11 Å². The predicted molar refractivity (Wildman–Crippen MR) is 65.9 cm³/mol. The van der Waals surface area contributed by atoms with E-state index in [1.54, 1.807) is 12.1 Å². The molecular weight excluding hydrogens is 293 g/mol. The minimum Gasteiger partial charge on any atom is -0.481 e. The van der Waals surface area contributed by atoms with E-state index >= 15 is 0 Å². The van der Waals surface area contributed by atoms with Gasteiger partial charge in [-0.15, -0.1) is 11.3 Å². The molecule has 4 nitrogen and oxygen atoms in total. The summed E-state index contributed by atoms with van der Waals surface area (Å²) in [5.41, 5.74) is 0.595. The summed E-state index contributed by atoms with van der Waals surface area (Å²) in [5.74, 6) is -0.0247. The highest BCUT2D eigenvalue weighted by atomic mass is 32.1. The summed E-state index contributed by atoms with van der Waals surface area (Å²) in [5, 5.41) is -1.02. The van der Waals surface area contributed by atoms with Gasteiger partial charge in [0.25, 0.3) is 0 Å². The molecular formula is C12H9F3N2O2S. The van der Waals surface area contributed by atoms with Gasteiger partial charge in [0, 0.05) is 24.9 Å². The number of ether oxygens (including phenoxy) is 1. The Hall–Kier alpha value is -1.96. The first-order chi connectivity index (χ1) is 9.40. The van der Waals surface area contributed by atoms with Gasteiger partial charge in [-0.25, -0.2) is 9.97 Å². The number of Topliss-reactive ketones (excluding diaryl/α,β-unsaturated/α-hetero) is 1. The molecule has 0 fully saturated rings. The molecule has 106 valence electrons. The van der Waals surface area contributed by atoms with Gasteiger partial charge in [-0.2, -0.15) is 13.2 Å². The monoisotopic (exact) mass is 302 g/mol. The number of methoxy groups -OCH3 is 1. The van der Waals surface area contributed by atoms with Gasteiger partial charge in [-0.1, -0.05) is 6.07 Å². The van der Waals surface area contributed by atoms with Gasteiger partial charge >= 0.3 is 6.18 Å². The van der Waals surface area contributed by atoms with Crippen LogP contribution in [-0.2, 0) is 12.6 Å². The molecule has 2 heterocycles. The highest BCUT2D eigenvalue weighted by Crippen LogP contribution is 2.32. The minimum absolute atomic E-state index is 0.0202. The number of carbonyl (C=O) groups is 1. The van der Waals surface area contributed by atoms with Crippen molar-refractivity contribution >= 4 is 17.1 Å². The molecule has 0 aliphatic rings. The predicted octanol–water partition coefficient (Wildman–Crippen LogP) is 2.99. The Kier molecular flexibility index (Phi) is 4.03. The fourth-order valence-electron chi connectivity index (χ4n) is 1.44. The third-order valence-electron chi connectivity index (χ3n) is 2.39. The molecule has 0 radical (unpaired) electrons. The van der Waals surface area contributed by atoms with E-state index in [2.05, 4.69) is 9.97 Å². The Morgan fingerprint density at radius 1 is 1.30 bits per heavy atom. The number of hydrogen-bond acceptors (Lipinski definition) is 5. The number of rotatable bonds is 4. The van der Waals surface area contributed by atoms with Crippen LogP contribution in [0.2, 0.25) is 0 Å². The third-order valence-corrected chi connectivity index (χ3v) is 3.48. The molecule has 0 aliphatic carbocycles. The Morgan fingerprint density at radius 3 is 2.55 bits per heavy atom. The van der Waals surface area contributed by atoms with Gasteiger partial charge in [0.1, 0.15) is 0 Å². The van der Waals surface area contributed by atoms with Crippen molar-refractivity contribution in [2.45, 2.75) is 12.6 Å². The summed E-state index contributed by atoms with van der Waals surface area (Å²) >= 11 is 0.344. The molecule has 0 aliphatic heterocycles. The van der Waals surface area contributed by atoms with Crippen molar-refractivity contribution in [1.82, 2.24) is 9.97 Å². The maximum Gasteiger partial charge on any atom is 0.443 e. The largest absolute Gasteiger partial charge is 0.481 e. The third kappa shape index (κ3) is 3.32. The molecule has 2 rings (SSSR count). The van der Waals surface area contributed by atoms with Crippen LogP contribution in [0.5, 0.6) is 5.88 Å². The van der Waals surface area contributed by atoms with Crippen LogP contribution < -0.4 is 4.74 Å². The zero-order chi connectivity index (χ0) is 14.8. The lowest BCUT2D eigenvalue weighted by Crippen LogP contribution is -2.03. The lowest BCUT2D eigenvalue weighted by atomic mass is 10.1. The first-order valence-electron chi connectivity index (χ1n) is 5.45. The lowest BCUT2D eigenvalue weighted by molar-refractivity contribution is -0.137. The van der Waals surface area contributed by atoms with Crippen LogP contribution in [0.1, 0.15) is 20.2 Å². The first-order valence-corrected chi connectivity index (χ1v) is 6.27. The number of hydrogen-bond donors (Lipinski definition) is 0. The minimum atomic E-state index is -4.52. The Labute approximate surface area is 116 Å². The van der Waals surface area contributed by atoms with E-state index in [1.165, 1.54) is 13.3 Å². The first kappa shape index (κ1) is 14.4. The zero-order valence-corrected chi connectivity index (χ0v) is 11.1. The van der Waals surface area contributed by atoms with Crippen LogP contribution in [0.15, 0.2) is 24.5 Å². The average molecular weight is 302 g/mol. The van der Waals surface area contributed by atoms with Crippen LogP contribution in [0.25, 0.3) is 0 Å². The van der Waals surface area contributed by atoms with Gasteiger partial charge < -0.3 is 4.74 Å². The SMILES string of the molecule is COc1ccc(CC(=O)c2cnc(C(F)(F)F)s2)cn1. The summed E-state index contributed by atoms with van der Waals surface area (Å²) in [6.45, 7) is 0. The molecule has 0 bridgehead atoms. The highest BCUT2D eigenvalue weighted by molar-refractivity contribution is 7.13. The zero-order valence-electron chi connectivity index (χ0n) is 10.3. The Morgan fingerprint density at radius 2 is 2.05 bits per heavy atom. The smallest absolute Gasteiger partial charge is 0.443 e. The number of carbonyl (C=O) groups excluding carboxylic acids is 1. The molecule has 0 aromatic carbocycles. The Balaban J connectivity index is 2.09. The second-order valence-corrected chi connectivity index (χ2v) is 4.87. The van der Waals surface area contributed by atoms with E-state index in [1.807, 2.05) is 0 Å². The normalized spacial score (nSPS) is 11.4. The van der Waals surface area contributed by atoms with Crippen LogP contribution >= 0.6 is 11.3 Å². The van der Waals surface area contributed by atoms with Gasteiger partial charge in [0.15, 0.2) is 10.8 Å². The topological polar surface area (TPSA) is 52.1 Å². The fourth-order valence-corrected chi connectivity index (χ4v) is 2.16. The summed E-state index contributed by atoms with van der Waals surface area (Å²) in [7, 11) is 1.46. The summed E-state index contributed by atoms with van der Waals surface area (Å²) in [6, 6.07) is 3.21. The molecule has 2 aromatic heterocycles. The number of alkyl halides is 3. The summed E-state index contributed by atoms with van der Waals surface area (Å²) < 4.78 is 42.0. The number of halogens is 3. The average Bonchev–Trinajstić information content (AvgIpc) is 2.89. The molecule has 0 spiro atoms. The second kappa shape index (κ2) is 5.58. The van der Waals surface area contributed by atoms with Crippen molar-refractivity contribution < 1.29 is 22.7 Å². The number of nitrogens with zero attached hydrogens (tertiary/aromatic N) is 2. The van der Waals surface area contributed by atoms with E-state index in [0.717, 1.165) is 6.20 Å². The van der Waals surface area contributed by atoms with Crippen LogP contribution in [0, 0.1) is 0 Å². The molecule has 0 N–H and O–H groups in total. The quantitative estimate of drug-likeness (QED) is 0.815. The van der Waals surface area contributed by atoms with Gasteiger partial charge in [0.05, 0.1) is 12.0 Å². The highest BCUT2D eigenvalue weighted by Gasteiger charge is 2.35. The molecule has 0 amide bonds. The van der Waals surface area contributed by atoms with E-state index < -0.39 is 17.0 Å². The lowest BCUT2D eigenvalue weighted by Gasteiger charge is -2.01. The number of ketones is 1. The van der Waals surface area contributed by atoms with Crippen LogP contribution in [0.4, 0.5) is 13.2 Å². The van der Waals surface area contributed by atoms with Crippen molar-refractivity contribution in [3.05, 3.63) is 40.0 Å². The Bertz CT molecular complexity index is 608. The summed E-state index contributed by atoms with van der Waals surface area (Å²) in [4.78, 5) is 19.0. The van der Waals surface area contributed by atoms with Crippen molar-refractivity contribution in [3.8, 4) is 5.88 Å². The number of aromatic nitrogens is 2. The molecule has 0 saturated carbocycles. The number of thiazole rings is 1. The van der Waals surface area contributed by atoms with E-state index in [0.29, 0.717) is 22.8 Å². The molecule has 8 heteroatoms. The summed E-state index contributed by atoms with van der Waals surface area (Å²) in [6.07, 6.45) is -2.16. The van der Waals surface area contributed by atoms with Gasteiger partial charge in [-0.05, 0) is 5.56 Å². The van der Waals surface area contributed by atoms with Gasteiger partial charge in [0.2, 0.25) is 5.88 Å². The number of pyridine rings is 1. The van der Waals surface area contributed by atoms with Crippen LogP contribution in [0.3, 0.4) is 0 Å². The molecule has 0 unspecified atom stereocenters. The maximum absolute atomic E-state index is 12.4. The molecule has 0 atom stereocenters. The van der Waals surface area contributed by atoms with Crippen LogP contribution in [-0.4, -0.2) is 22.9 Å². The molecule has 20 heavy (non-hydrogen) atoms. The fraction of sp³-hybridized carbons (Fsp3) is 0.250. The maximum atomic E-state index is 12.4.